The van der Waals surface area contributed by atoms with Crippen molar-refractivity contribution in [3.63, 3.8) is 0 Å². The van der Waals surface area contributed by atoms with Crippen LogP contribution in [0.25, 0.3) is 0 Å². The molecule has 1 aliphatic heterocycles. The van der Waals surface area contributed by atoms with E-state index in [-0.39, 0.29) is 0 Å². The van der Waals surface area contributed by atoms with Gasteiger partial charge in [-0.05, 0) is 61.4 Å². The SMILES string of the molecule is CC(C)(C)C1CCCN(C(CN)c2cccc(Cl)c2)CC1. The maximum Gasteiger partial charge on any atom is 0.0470 e. The molecule has 118 valence electrons. The molecule has 0 spiro atoms. The Balaban J connectivity index is 2.09. The van der Waals surface area contributed by atoms with Crippen molar-refractivity contribution in [2.75, 3.05) is 19.6 Å². The topological polar surface area (TPSA) is 29.3 Å². The maximum absolute atomic E-state index is 6.14. The summed E-state index contributed by atoms with van der Waals surface area (Å²) in [5, 5.41) is 0.799. The number of benzene rings is 1. The molecule has 21 heavy (non-hydrogen) atoms. The smallest absolute Gasteiger partial charge is 0.0470 e. The molecule has 2 atom stereocenters. The Morgan fingerprint density at radius 3 is 2.67 bits per heavy atom. The van der Waals surface area contributed by atoms with Crippen molar-refractivity contribution in [1.29, 1.82) is 0 Å². The molecule has 1 saturated heterocycles. The lowest BCUT2D eigenvalue weighted by Crippen LogP contribution is -2.35. The second-order valence-corrected chi connectivity index (χ2v) is 7.77. The standard InChI is InChI=1S/C18H29ClN2/c1-18(2,3)15-7-5-10-21(11-9-15)17(13-20)14-6-4-8-16(19)12-14/h4,6,8,12,15,17H,5,7,9-11,13,20H2,1-3H3. The van der Waals surface area contributed by atoms with E-state index in [0.29, 0.717) is 18.0 Å². The van der Waals surface area contributed by atoms with Gasteiger partial charge in [-0.3, -0.25) is 4.90 Å². The van der Waals surface area contributed by atoms with E-state index in [1.165, 1.54) is 24.8 Å². The molecule has 2 N–H and O–H groups in total. The van der Waals surface area contributed by atoms with Crippen LogP contribution in [-0.2, 0) is 0 Å². The third kappa shape index (κ3) is 4.45. The highest BCUT2D eigenvalue weighted by molar-refractivity contribution is 6.30. The lowest BCUT2D eigenvalue weighted by molar-refractivity contribution is 0.185. The van der Waals surface area contributed by atoms with E-state index in [4.69, 9.17) is 17.3 Å². The summed E-state index contributed by atoms with van der Waals surface area (Å²) in [5.74, 6) is 0.806. The van der Waals surface area contributed by atoms with Crippen LogP contribution < -0.4 is 5.73 Å². The minimum Gasteiger partial charge on any atom is -0.329 e. The van der Waals surface area contributed by atoms with Crippen LogP contribution in [0.4, 0.5) is 0 Å². The van der Waals surface area contributed by atoms with Gasteiger partial charge in [0.05, 0.1) is 0 Å². The lowest BCUT2D eigenvalue weighted by Gasteiger charge is -2.32. The van der Waals surface area contributed by atoms with Crippen LogP contribution in [0.2, 0.25) is 5.02 Å². The van der Waals surface area contributed by atoms with Gasteiger partial charge in [0.25, 0.3) is 0 Å². The summed E-state index contributed by atoms with van der Waals surface area (Å²) in [6.45, 7) is 10.0. The van der Waals surface area contributed by atoms with Crippen LogP contribution in [-0.4, -0.2) is 24.5 Å². The maximum atomic E-state index is 6.14. The van der Waals surface area contributed by atoms with Gasteiger partial charge in [0.1, 0.15) is 0 Å². The first-order valence-corrected chi connectivity index (χ1v) is 8.49. The quantitative estimate of drug-likeness (QED) is 0.891. The predicted octanol–water partition coefficient (Wildman–Crippen LogP) is 4.49. The predicted molar refractivity (Wildman–Crippen MR) is 91.6 cm³/mol. The van der Waals surface area contributed by atoms with Crippen molar-refractivity contribution in [2.24, 2.45) is 17.1 Å². The summed E-state index contributed by atoms with van der Waals surface area (Å²) < 4.78 is 0. The second-order valence-electron chi connectivity index (χ2n) is 7.34. The highest BCUT2D eigenvalue weighted by Crippen LogP contribution is 2.36. The van der Waals surface area contributed by atoms with Crippen molar-refractivity contribution in [2.45, 2.75) is 46.1 Å². The van der Waals surface area contributed by atoms with Crippen molar-refractivity contribution in [3.05, 3.63) is 34.9 Å². The summed E-state index contributed by atoms with van der Waals surface area (Å²) in [6.07, 6.45) is 3.85. The summed E-state index contributed by atoms with van der Waals surface area (Å²) >= 11 is 6.14. The van der Waals surface area contributed by atoms with Crippen LogP contribution in [0.3, 0.4) is 0 Å². The third-order valence-electron chi connectivity index (χ3n) is 4.88. The van der Waals surface area contributed by atoms with Crippen molar-refractivity contribution in [3.8, 4) is 0 Å². The molecule has 2 unspecified atom stereocenters. The van der Waals surface area contributed by atoms with Crippen LogP contribution in [0, 0.1) is 11.3 Å². The van der Waals surface area contributed by atoms with E-state index in [2.05, 4.69) is 37.8 Å². The van der Waals surface area contributed by atoms with Gasteiger partial charge in [0.15, 0.2) is 0 Å². The molecule has 0 bridgehead atoms. The van der Waals surface area contributed by atoms with Crippen molar-refractivity contribution in [1.82, 2.24) is 4.90 Å². The molecule has 0 aromatic heterocycles. The van der Waals surface area contributed by atoms with Gasteiger partial charge in [-0.2, -0.15) is 0 Å². The molecule has 1 aromatic rings. The highest BCUT2D eigenvalue weighted by atomic mass is 35.5. The first kappa shape index (κ1) is 16.8. The molecule has 0 radical (unpaired) electrons. The molecular formula is C18H29ClN2. The van der Waals surface area contributed by atoms with Crippen molar-refractivity contribution < 1.29 is 0 Å². The second kappa shape index (κ2) is 7.13. The van der Waals surface area contributed by atoms with Crippen LogP contribution in [0.5, 0.6) is 0 Å². The largest absolute Gasteiger partial charge is 0.329 e. The Morgan fingerprint density at radius 1 is 1.29 bits per heavy atom. The average Bonchev–Trinajstić information content (AvgIpc) is 2.65. The molecule has 2 nitrogen and oxygen atoms in total. The van der Waals surface area contributed by atoms with Crippen LogP contribution in [0.15, 0.2) is 24.3 Å². The number of hydrogen-bond acceptors (Lipinski definition) is 2. The summed E-state index contributed by atoms with van der Waals surface area (Å²) in [4.78, 5) is 2.55. The van der Waals surface area contributed by atoms with E-state index in [1.54, 1.807) is 0 Å². The van der Waals surface area contributed by atoms with E-state index in [0.717, 1.165) is 24.0 Å². The number of nitrogens with two attached hydrogens (primary N) is 1. The zero-order valence-electron chi connectivity index (χ0n) is 13.6. The Labute approximate surface area is 134 Å². The normalized spacial score (nSPS) is 22.8. The van der Waals surface area contributed by atoms with Gasteiger partial charge in [-0.15, -0.1) is 0 Å². The van der Waals surface area contributed by atoms with Gasteiger partial charge < -0.3 is 5.73 Å². The van der Waals surface area contributed by atoms with Gasteiger partial charge in [0, 0.05) is 17.6 Å². The summed E-state index contributed by atoms with van der Waals surface area (Å²) in [6, 6.07) is 8.45. The first-order valence-electron chi connectivity index (χ1n) is 8.11. The number of halogens is 1. The number of likely N-dealkylation sites (tertiary alicyclic amines) is 1. The molecule has 0 amide bonds. The van der Waals surface area contributed by atoms with E-state index in [9.17, 15) is 0 Å². The fourth-order valence-electron chi connectivity index (χ4n) is 3.51. The minimum absolute atomic E-state index is 0.294. The number of rotatable bonds is 3. The lowest BCUT2D eigenvalue weighted by atomic mass is 9.77. The molecule has 2 rings (SSSR count). The Morgan fingerprint density at radius 2 is 2.05 bits per heavy atom. The zero-order chi connectivity index (χ0) is 15.5. The molecule has 1 aliphatic rings. The third-order valence-corrected chi connectivity index (χ3v) is 5.12. The van der Waals surface area contributed by atoms with Crippen molar-refractivity contribution >= 4 is 11.6 Å². The average molecular weight is 309 g/mol. The fraction of sp³-hybridized carbons (Fsp3) is 0.667. The van der Waals surface area contributed by atoms with Crippen LogP contribution >= 0.6 is 11.6 Å². The number of hydrogen-bond donors (Lipinski definition) is 1. The summed E-state index contributed by atoms with van der Waals surface area (Å²) in [5.41, 5.74) is 7.73. The monoisotopic (exact) mass is 308 g/mol. The molecule has 1 aromatic carbocycles. The Hall–Kier alpha value is -0.570. The zero-order valence-corrected chi connectivity index (χ0v) is 14.4. The fourth-order valence-corrected chi connectivity index (χ4v) is 3.70. The number of nitrogens with zero attached hydrogens (tertiary/aromatic N) is 1. The molecule has 0 saturated carbocycles. The molecule has 1 heterocycles. The first-order chi connectivity index (χ1) is 9.91. The summed E-state index contributed by atoms with van der Waals surface area (Å²) in [7, 11) is 0. The molecule has 1 fully saturated rings. The van der Waals surface area contributed by atoms with E-state index < -0.39 is 0 Å². The van der Waals surface area contributed by atoms with Gasteiger partial charge in [-0.25, -0.2) is 0 Å². The highest BCUT2D eigenvalue weighted by Gasteiger charge is 2.29. The molecule has 0 aliphatic carbocycles. The minimum atomic E-state index is 0.294. The van der Waals surface area contributed by atoms with Gasteiger partial charge >= 0.3 is 0 Å². The molecular weight excluding hydrogens is 280 g/mol. The van der Waals surface area contributed by atoms with Gasteiger partial charge in [0.2, 0.25) is 0 Å². The Kier molecular flexibility index (Phi) is 5.70. The Bertz CT molecular complexity index is 453. The molecule has 3 heteroatoms. The van der Waals surface area contributed by atoms with E-state index >= 15 is 0 Å². The van der Waals surface area contributed by atoms with E-state index in [1.807, 2.05) is 12.1 Å². The van der Waals surface area contributed by atoms with Gasteiger partial charge in [-0.1, -0.05) is 44.5 Å². The van der Waals surface area contributed by atoms with Crippen LogP contribution in [0.1, 0.15) is 51.6 Å².